The predicted molar refractivity (Wildman–Crippen MR) is 90.9 cm³/mol. The number of rotatable bonds is 3. The maximum atomic E-state index is 9.96. The molecule has 0 bridgehead atoms. The van der Waals surface area contributed by atoms with Gasteiger partial charge in [0.2, 0.25) is 0 Å². The molecule has 0 amide bonds. The normalized spacial score (nSPS) is 18.2. The van der Waals surface area contributed by atoms with Crippen molar-refractivity contribution in [2.75, 3.05) is 18.0 Å². The minimum absolute atomic E-state index is 0.316. The van der Waals surface area contributed by atoms with E-state index in [9.17, 15) is 5.11 Å². The molecule has 7 nitrogen and oxygen atoms in total. The van der Waals surface area contributed by atoms with Crippen LogP contribution in [0.2, 0.25) is 0 Å². The second kappa shape index (κ2) is 6.16. The molecule has 7 heteroatoms. The van der Waals surface area contributed by atoms with E-state index >= 15 is 0 Å². The van der Waals surface area contributed by atoms with Crippen molar-refractivity contribution in [1.29, 1.82) is 0 Å². The Balaban J connectivity index is 1.74. The van der Waals surface area contributed by atoms with Crippen LogP contribution in [0.5, 0.6) is 0 Å². The van der Waals surface area contributed by atoms with Crippen LogP contribution >= 0.6 is 0 Å². The molecule has 0 aliphatic carbocycles. The van der Waals surface area contributed by atoms with Crippen LogP contribution in [-0.4, -0.2) is 49.3 Å². The standard InChI is InChI=1S/C17H20N6O/c1-12-18-16(22-9-5-8-14(24)11-22)15-17(19-12)23(21-20-15)10-13-6-3-2-4-7-13/h2-4,6-7,14,24H,5,8-11H2,1H3. The zero-order valence-corrected chi connectivity index (χ0v) is 13.6. The average molecular weight is 324 g/mol. The molecule has 1 aliphatic heterocycles. The monoisotopic (exact) mass is 324 g/mol. The molecule has 1 atom stereocenters. The van der Waals surface area contributed by atoms with Gasteiger partial charge in [-0.2, -0.15) is 0 Å². The maximum Gasteiger partial charge on any atom is 0.184 e. The third kappa shape index (κ3) is 2.82. The summed E-state index contributed by atoms with van der Waals surface area (Å²) < 4.78 is 1.81. The Bertz CT molecular complexity index is 847. The topological polar surface area (TPSA) is 80.0 Å². The average Bonchev–Trinajstić information content (AvgIpc) is 2.98. The minimum Gasteiger partial charge on any atom is -0.391 e. The highest BCUT2D eigenvalue weighted by atomic mass is 16.3. The Kier molecular flexibility index (Phi) is 3.86. The van der Waals surface area contributed by atoms with E-state index < -0.39 is 0 Å². The van der Waals surface area contributed by atoms with Crippen molar-refractivity contribution in [1.82, 2.24) is 25.0 Å². The van der Waals surface area contributed by atoms with Gasteiger partial charge >= 0.3 is 0 Å². The molecule has 0 saturated carbocycles. The van der Waals surface area contributed by atoms with Crippen molar-refractivity contribution < 1.29 is 5.11 Å². The number of hydrogen-bond donors (Lipinski definition) is 1. The van der Waals surface area contributed by atoms with E-state index in [1.807, 2.05) is 29.8 Å². The Hall–Kier alpha value is -2.54. The zero-order chi connectivity index (χ0) is 16.5. The Morgan fingerprint density at radius 3 is 2.83 bits per heavy atom. The summed E-state index contributed by atoms with van der Waals surface area (Å²) in [6.45, 7) is 3.95. The number of hydrogen-bond acceptors (Lipinski definition) is 6. The van der Waals surface area contributed by atoms with Crippen LogP contribution in [-0.2, 0) is 6.54 Å². The summed E-state index contributed by atoms with van der Waals surface area (Å²) in [5, 5.41) is 18.6. The first kappa shape index (κ1) is 15.0. The summed E-state index contributed by atoms with van der Waals surface area (Å²) >= 11 is 0. The number of benzene rings is 1. The minimum atomic E-state index is -0.316. The second-order valence-corrected chi connectivity index (χ2v) is 6.24. The van der Waals surface area contributed by atoms with Crippen LogP contribution in [0.25, 0.3) is 11.2 Å². The van der Waals surface area contributed by atoms with Crippen LogP contribution in [0.3, 0.4) is 0 Å². The fraction of sp³-hybridized carbons (Fsp3) is 0.412. The summed E-state index contributed by atoms with van der Waals surface area (Å²) in [7, 11) is 0. The number of fused-ring (bicyclic) bond motifs is 1. The number of β-amino-alcohol motifs (C(OH)–C–C–N with tert-alkyl or cyclic N) is 1. The predicted octanol–water partition coefficient (Wildman–Crippen LogP) is 1.54. The number of aliphatic hydroxyl groups is 1. The molecule has 1 aromatic carbocycles. The molecule has 2 aromatic heterocycles. The van der Waals surface area contributed by atoms with Gasteiger partial charge in [0, 0.05) is 13.1 Å². The lowest BCUT2D eigenvalue weighted by Gasteiger charge is -2.30. The molecule has 1 saturated heterocycles. The number of aryl methyl sites for hydroxylation is 1. The number of nitrogens with zero attached hydrogens (tertiary/aromatic N) is 6. The number of aromatic nitrogens is 5. The van der Waals surface area contributed by atoms with Crippen molar-refractivity contribution in [2.24, 2.45) is 0 Å². The van der Waals surface area contributed by atoms with Crippen LogP contribution in [0.4, 0.5) is 5.82 Å². The number of aliphatic hydroxyl groups excluding tert-OH is 1. The first-order valence-electron chi connectivity index (χ1n) is 8.25. The van der Waals surface area contributed by atoms with Gasteiger partial charge in [-0.15, -0.1) is 5.10 Å². The summed E-state index contributed by atoms with van der Waals surface area (Å²) in [6, 6.07) is 10.1. The van der Waals surface area contributed by atoms with E-state index in [1.165, 1.54) is 0 Å². The highest BCUT2D eigenvalue weighted by Crippen LogP contribution is 2.25. The summed E-state index contributed by atoms with van der Waals surface area (Å²) in [5.74, 6) is 1.46. The Morgan fingerprint density at radius 1 is 1.21 bits per heavy atom. The highest BCUT2D eigenvalue weighted by Gasteiger charge is 2.23. The maximum absolute atomic E-state index is 9.96. The van der Waals surface area contributed by atoms with Gasteiger partial charge in [-0.25, -0.2) is 14.6 Å². The van der Waals surface area contributed by atoms with Gasteiger partial charge in [0.05, 0.1) is 12.6 Å². The molecule has 3 aromatic rings. The van der Waals surface area contributed by atoms with E-state index in [0.717, 1.165) is 36.4 Å². The molecule has 0 spiro atoms. The fourth-order valence-corrected chi connectivity index (χ4v) is 3.18. The molecule has 24 heavy (non-hydrogen) atoms. The summed E-state index contributed by atoms with van der Waals surface area (Å²) in [4.78, 5) is 11.2. The lowest BCUT2D eigenvalue weighted by atomic mass is 10.1. The van der Waals surface area contributed by atoms with Crippen molar-refractivity contribution in [3.05, 3.63) is 41.7 Å². The SMILES string of the molecule is Cc1nc(N2CCCC(O)C2)c2nnn(Cc3ccccc3)c2n1. The molecule has 1 aliphatic rings. The molecule has 1 unspecified atom stereocenters. The van der Waals surface area contributed by atoms with Gasteiger partial charge in [0.15, 0.2) is 17.0 Å². The van der Waals surface area contributed by atoms with E-state index in [-0.39, 0.29) is 6.10 Å². The van der Waals surface area contributed by atoms with Crippen LogP contribution < -0.4 is 4.90 Å². The Labute approximate surface area is 140 Å². The van der Waals surface area contributed by atoms with Gasteiger partial charge in [-0.3, -0.25) is 0 Å². The highest BCUT2D eigenvalue weighted by molar-refractivity contribution is 5.83. The first-order valence-corrected chi connectivity index (χ1v) is 8.25. The van der Waals surface area contributed by atoms with Crippen LogP contribution in [0, 0.1) is 6.92 Å². The largest absolute Gasteiger partial charge is 0.391 e. The molecular formula is C17H20N6O. The van der Waals surface area contributed by atoms with E-state index in [4.69, 9.17) is 0 Å². The fourth-order valence-electron chi connectivity index (χ4n) is 3.18. The molecule has 124 valence electrons. The van der Waals surface area contributed by atoms with E-state index in [1.54, 1.807) is 0 Å². The molecular weight excluding hydrogens is 304 g/mol. The second-order valence-electron chi connectivity index (χ2n) is 6.24. The molecule has 1 N–H and O–H groups in total. The molecule has 4 rings (SSSR count). The van der Waals surface area contributed by atoms with E-state index in [0.29, 0.717) is 24.4 Å². The molecule has 1 fully saturated rings. The van der Waals surface area contributed by atoms with Crippen molar-refractivity contribution in [3.63, 3.8) is 0 Å². The third-order valence-electron chi connectivity index (χ3n) is 4.33. The third-order valence-corrected chi connectivity index (χ3v) is 4.33. The van der Waals surface area contributed by atoms with Gasteiger partial charge in [0.25, 0.3) is 0 Å². The summed E-state index contributed by atoms with van der Waals surface area (Å²) in [6.07, 6.45) is 1.47. The van der Waals surface area contributed by atoms with Crippen molar-refractivity contribution in [2.45, 2.75) is 32.4 Å². The zero-order valence-electron chi connectivity index (χ0n) is 13.6. The van der Waals surface area contributed by atoms with E-state index in [2.05, 4.69) is 37.3 Å². The van der Waals surface area contributed by atoms with Gasteiger partial charge < -0.3 is 10.0 Å². The number of anilines is 1. The lowest BCUT2D eigenvalue weighted by Crippen LogP contribution is -2.39. The molecule has 3 heterocycles. The van der Waals surface area contributed by atoms with Crippen molar-refractivity contribution >= 4 is 17.0 Å². The van der Waals surface area contributed by atoms with Crippen LogP contribution in [0.1, 0.15) is 24.2 Å². The smallest absolute Gasteiger partial charge is 0.184 e. The van der Waals surface area contributed by atoms with Gasteiger partial charge in [-0.05, 0) is 25.3 Å². The van der Waals surface area contributed by atoms with Gasteiger partial charge in [-0.1, -0.05) is 35.5 Å². The lowest BCUT2D eigenvalue weighted by molar-refractivity contribution is 0.154. The quantitative estimate of drug-likeness (QED) is 0.787. The first-order chi connectivity index (χ1) is 11.7. The van der Waals surface area contributed by atoms with Crippen LogP contribution in [0.15, 0.2) is 30.3 Å². The van der Waals surface area contributed by atoms with Crippen molar-refractivity contribution in [3.8, 4) is 0 Å². The number of piperidine rings is 1. The summed E-state index contributed by atoms with van der Waals surface area (Å²) in [5.41, 5.74) is 2.59. The van der Waals surface area contributed by atoms with Gasteiger partial charge in [0.1, 0.15) is 5.82 Å². The molecule has 0 radical (unpaired) electrons. The Morgan fingerprint density at radius 2 is 2.04 bits per heavy atom.